The molecule has 9 heteroatoms. The van der Waals surface area contributed by atoms with Gasteiger partial charge >= 0.3 is 0 Å². The van der Waals surface area contributed by atoms with E-state index in [0.717, 1.165) is 38.6 Å². The van der Waals surface area contributed by atoms with Crippen LogP contribution in [0.1, 0.15) is 5.56 Å². The molecule has 2 aliphatic heterocycles. The quantitative estimate of drug-likeness (QED) is 0.248. The van der Waals surface area contributed by atoms with Crippen molar-refractivity contribution in [3.63, 3.8) is 0 Å². The number of benzene rings is 3. The van der Waals surface area contributed by atoms with Crippen LogP contribution in [-0.4, -0.2) is 44.9 Å². The minimum Gasteiger partial charge on any atom is -0.330 e. The molecule has 194 valence electrons. The Labute approximate surface area is 233 Å². The molecule has 0 aliphatic carbocycles. The topological polar surface area (TPSA) is 122 Å². The Morgan fingerprint density at radius 3 is 1.88 bits per heavy atom. The van der Waals surface area contributed by atoms with Crippen molar-refractivity contribution in [2.45, 2.75) is 6.92 Å². The van der Waals surface area contributed by atoms with Gasteiger partial charge in [0.25, 0.3) is 0 Å². The Kier molecular flexibility index (Phi) is 5.14. The molecule has 0 saturated heterocycles. The number of hydrogen-bond donors (Lipinski definition) is 2. The molecule has 2 aliphatic rings. The molecule has 0 spiro atoms. The van der Waals surface area contributed by atoms with Gasteiger partial charge in [-0.2, -0.15) is 0 Å². The first-order chi connectivity index (χ1) is 20.2. The van der Waals surface area contributed by atoms with Gasteiger partial charge in [0, 0.05) is 39.2 Å². The van der Waals surface area contributed by atoms with Gasteiger partial charge in [-0.15, -0.1) is 0 Å². The molecule has 0 fully saturated rings. The summed E-state index contributed by atoms with van der Waals surface area (Å²) in [6.45, 7) is 2.04. The third-order valence-corrected chi connectivity index (χ3v) is 7.21. The zero-order valence-electron chi connectivity index (χ0n) is 21.9. The summed E-state index contributed by atoms with van der Waals surface area (Å²) >= 11 is 0. The molecule has 0 amide bonds. The van der Waals surface area contributed by atoms with Crippen LogP contribution in [0.25, 0.3) is 79.1 Å². The van der Waals surface area contributed by atoms with Crippen molar-refractivity contribution in [2.24, 2.45) is 0 Å². The molecule has 6 bridgehead atoms. The Morgan fingerprint density at radius 1 is 0.512 bits per heavy atom. The van der Waals surface area contributed by atoms with Gasteiger partial charge in [-0.05, 0) is 24.6 Å². The van der Waals surface area contributed by atoms with Crippen molar-refractivity contribution in [2.75, 3.05) is 0 Å². The fourth-order valence-corrected chi connectivity index (χ4v) is 5.22. The second-order valence-corrected chi connectivity index (χ2v) is 9.73. The number of H-pyrrole nitrogens is 2. The summed E-state index contributed by atoms with van der Waals surface area (Å²) in [7, 11) is 0. The third-order valence-electron chi connectivity index (χ3n) is 7.21. The number of rotatable bonds is 1. The molecule has 3 aromatic heterocycles. The van der Waals surface area contributed by atoms with Crippen molar-refractivity contribution in [3.05, 3.63) is 103 Å². The Bertz CT molecular complexity index is 2190. The van der Waals surface area contributed by atoms with E-state index in [-0.39, 0.29) is 0 Å². The zero-order chi connectivity index (χ0) is 27.3. The number of aryl methyl sites for hydroxylation is 1. The Hall–Kier alpha value is -5.83. The van der Waals surface area contributed by atoms with Crippen LogP contribution in [0.15, 0.2) is 97.5 Å². The average molecular weight is 532 g/mol. The highest BCUT2D eigenvalue weighted by molar-refractivity contribution is 6.04. The summed E-state index contributed by atoms with van der Waals surface area (Å²) in [4.78, 5) is 40.6. The number of aromatic nitrogens is 9. The maximum absolute atomic E-state index is 4.98. The molecular weight excluding hydrogens is 510 g/mol. The molecule has 0 radical (unpaired) electrons. The lowest BCUT2D eigenvalue weighted by atomic mass is 10.1. The second kappa shape index (κ2) is 9.13. The number of hydrogen-bond acceptors (Lipinski definition) is 7. The van der Waals surface area contributed by atoms with Gasteiger partial charge in [0.2, 0.25) is 0 Å². The lowest BCUT2D eigenvalue weighted by molar-refractivity contribution is 1.10. The average Bonchev–Trinajstić information content (AvgIpc) is 3.65. The van der Waals surface area contributed by atoms with Crippen molar-refractivity contribution < 1.29 is 0 Å². The van der Waals surface area contributed by atoms with Crippen LogP contribution >= 0.6 is 0 Å². The van der Waals surface area contributed by atoms with Gasteiger partial charge < -0.3 is 9.97 Å². The molecule has 2 N–H and O–H groups in total. The molecule has 5 heterocycles. The molecule has 8 rings (SSSR count). The number of nitrogens with zero attached hydrogens (tertiary/aromatic N) is 7. The van der Waals surface area contributed by atoms with Crippen molar-refractivity contribution in [3.8, 4) is 57.1 Å². The van der Waals surface area contributed by atoms with Gasteiger partial charge in [-0.3, -0.25) is 4.98 Å². The number of pyridine rings is 1. The van der Waals surface area contributed by atoms with Crippen LogP contribution < -0.4 is 0 Å². The SMILES string of the molecule is Cc1ccccc1-c1nc2nc(nc3[nH]c(nc4nc(nc[nH]1)-c1ccccc1-4)c1ccccc31)-c1cccnc1-2. The van der Waals surface area contributed by atoms with Gasteiger partial charge in [0.1, 0.15) is 22.8 Å². The van der Waals surface area contributed by atoms with E-state index in [2.05, 4.69) is 15.0 Å². The normalized spacial score (nSPS) is 11.5. The highest BCUT2D eigenvalue weighted by atomic mass is 15.1. The fourth-order valence-electron chi connectivity index (χ4n) is 5.22. The first kappa shape index (κ1) is 23.1. The largest absolute Gasteiger partial charge is 0.330 e. The molecule has 0 unspecified atom stereocenters. The Balaban J connectivity index is 1.53. The first-order valence-electron chi connectivity index (χ1n) is 13.2. The number of fused-ring (bicyclic) bond motifs is 15. The van der Waals surface area contributed by atoms with Gasteiger partial charge in [-0.25, -0.2) is 29.9 Å². The van der Waals surface area contributed by atoms with Crippen molar-refractivity contribution in [1.82, 2.24) is 44.9 Å². The van der Waals surface area contributed by atoms with Gasteiger partial charge in [0.05, 0.1) is 6.33 Å². The summed E-state index contributed by atoms with van der Waals surface area (Å²) in [6, 6.07) is 27.8. The van der Waals surface area contributed by atoms with Crippen LogP contribution in [0.2, 0.25) is 0 Å². The Morgan fingerprint density at radius 2 is 1.12 bits per heavy atom. The van der Waals surface area contributed by atoms with E-state index < -0.39 is 0 Å². The highest BCUT2D eigenvalue weighted by Crippen LogP contribution is 2.35. The smallest absolute Gasteiger partial charge is 0.183 e. The second-order valence-electron chi connectivity index (χ2n) is 9.73. The maximum Gasteiger partial charge on any atom is 0.183 e. The maximum atomic E-state index is 4.98. The number of nitrogens with one attached hydrogen (secondary N) is 2. The fraction of sp³-hybridized carbons (Fsp3) is 0.0312. The summed E-state index contributed by atoms with van der Waals surface area (Å²) < 4.78 is 0. The molecule has 0 saturated carbocycles. The van der Waals surface area contributed by atoms with Crippen LogP contribution in [-0.2, 0) is 0 Å². The lowest BCUT2D eigenvalue weighted by Crippen LogP contribution is -1.92. The minimum atomic E-state index is 0.463. The highest BCUT2D eigenvalue weighted by Gasteiger charge is 2.22. The molecule has 0 atom stereocenters. The first-order valence-corrected chi connectivity index (χ1v) is 13.2. The zero-order valence-corrected chi connectivity index (χ0v) is 21.9. The summed E-state index contributed by atoms with van der Waals surface area (Å²) in [6.07, 6.45) is 3.35. The minimum absolute atomic E-state index is 0.463. The van der Waals surface area contributed by atoms with E-state index in [4.69, 9.17) is 29.9 Å². The third kappa shape index (κ3) is 3.82. The van der Waals surface area contributed by atoms with Crippen molar-refractivity contribution in [1.29, 1.82) is 0 Å². The van der Waals surface area contributed by atoms with Crippen LogP contribution in [0.3, 0.4) is 0 Å². The van der Waals surface area contributed by atoms with Gasteiger partial charge in [-0.1, -0.05) is 72.8 Å². The van der Waals surface area contributed by atoms with E-state index in [1.54, 1.807) is 12.5 Å². The summed E-state index contributed by atoms with van der Waals surface area (Å²) in [5.74, 6) is 2.71. The molecule has 6 aromatic rings. The lowest BCUT2D eigenvalue weighted by Gasteiger charge is -2.03. The number of aromatic amines is 2. The monoisotopic (exact) mass is 531 g/mol. The van der Waals surface area contributed by atoms with E-state index in [1.165, 1.54) is 0 Å². The molecule has 9 nitrogen and oxygen atoms in total. The predicted octanol–water partition coefficient (Wildman–Crippen LogP) is 6.50. The summed E-state index contributed by atoms with van der Waals surface area (Å²) in [5.41, 5.74) is 6.57. The van der Waals surface area contributed by atoms with Gasteiger partial charge in [0.15, 0.2) is 23.3 Å². The van der Waals surface area contributed by atoms with E-state index in [1.807, 2.05) is 91.9 Å². The summed E-state index contributed by atoms with van der Waals surface area (Å²) in [5, 5.41) is 1.86. The molecular formula is C32H21N9. The van der Waals surface area contributed by atoms with E-state index in [0.29, 0.717) is 46.1 Å². The van der Waals surface area contributed by atoms with Crippen molar-refractivity contribution >= 4 is 22.1 Å². The van der Waals surface area contributed by atoms with E-state index >= 15 is 0 Å². The molecule has 3 aromatic carbocycles. The van der Waals surface area contributed by atoms with Crippen LogP contribution in [0, 0.1) is 6.92 Å². The van der Waals surface area contributed by atoms with E-state index in [9.17, 15) is 0 Å². The predicted molar refractivity (Wildman–Crippen MR) is 158 cm³/mol. The molecule has 41 heavy (non-hydrogen) atoms. The van der Waals surface area contributed by atoms with Crippen LogP contribution in [0.5, 0.6) is 0 Å². The standard InChI is InChI=1S/C32H21N9/c1-18-9-2-3-10-19(18)26-34-17-35-27-20-11-4-5-12-21(20)28(36-27)38-29-22-13-6-7-14-23(22)30(39-29)40-31-24-15-8-16-33-25(24)32(37-26)41-31/h2-17H,1H3,(H2,34,35,36,37,38,39,40,41). The van der Waals surface area contributed by atoms with Crippen LogP contribution in [0.4, 0.5) is 0 Å².